The Hall–Kier alpha value is -1.53. The third kappa shape index (κ3) is 3.52. The quantitative estimate of drug-likeness (QED) is 0.653. The second kappa shape index (κ2) is 6.76. The lowest BCUT2D eigenvalue weighted by atomic mass is 10.2. The lowest BCUT2D eigenvalue weighted by Crippen LogP contribution is -2.06. The van der Waals surface area contributed by atoms with E-state index in [1.165, 1.54) is 11.3 Å². The van der Waals surface area contributed by atoms with Gasteiger partial charge in [0.2, 0.25) is 0 Å². The Labute approximate surface area is 129 Å². The highest BCUT2D eigenvalue weighted by atomic mass is 79.9. The van der Waals surface area contributed by atoms with E-state index < -0.39 is 5.97 Å². The fraction of sp³-hybridized carbons (Fsp3) is 0.214. The fourth-order valence-electron chi connectivity index (χ4n) is 1.60. The molecule has 0 atom stereocenters. The van der Waals surface area contributed by atoms with E-state index in [4.69, 9.17) is 15.2 Å². The van der Waals surface area contributed by atoms with Crippen molar-refractivity contribution in [3.05, 3.63) is 44.6 Å². The molecule has 20 heavy (non-hydrogen) atoms. The van der Waals surface area contributed by atoms with Crippen LogP contribution in [0.1, 0.15) is 22.2 Å². The van der Waals surface area contributed by atoms with Crippen LogP contribution in [0.3, 0.4) is 0 Å². The van der Waals surface area contributed by atoms with E-state index >= 15 is 0 Å². The van der Waals surface area contributed by atoms with Crippen molar-refractivity contribution >= 4 is 38.9 Å². The normalized spacial score (nSPS) is 10.3. The average molecular weight is 356 g/mol. The van der Waals surface area contributed by atoms with Crippen molar-refractivity contribution in [2.75, 3.05) is 12.3 Å². The molecule has 6 heteroatoms. The first-order chi connectivity index (χ1) is 9.61. The molecule has 1 aromatic carbocycles. The number of esters is 1. The number of thiophene rings is 1. The van der Waals surface area contributed by atoms with Crippen molar-refractivity contribution in [1.29, 1.82) is 0 Å². The summed E-state index contributed by atoms with van der Waals surface area (Å²) in [5.74, 6) is 0.171. The molecule has 0 spiro atoms. The Balaban J connectivity index is 2.02. The largest absolute Gasteiger partial charge is 0.492 e. The molecule has 0 saturated carbocycles. The molecule has 0 amide bonds. The number of nitrogens with two attached hydrogens (primary N) is 1. The van der Waals surface area contributed by atoms with E-state index in [1.54, 1.807) is 18.2 Å². The zero-order valence-electron chi connectivity index (χ0n) is 10.9. The third-order valence-electron chi connectivity index (χ3n) is 2.57. The van der Waals surface area contributed by atoms with Crippen LogP contribution in [0.15, 0.2) is 34.1 Å². The molecule has 1 heterocycles. The molecule has 0 fully saturated rings. The molecular formula is C14H14BrNO3S. The highest BCUT2D eigenvalue weighted by molar-refractivity contribution is 9.10. The maximum absolute atomic E-state index is 11.9. The predicted octanol–water partition coefficient (Wildman–Crippen LogP) is 3.85. The lowest BCUT2D eigenvalue weighted by molar-refractivity contribution is 0.0476. The average Bonchev–Trinajstić information content (AvgIpc) is 2.84. The Morgan fingerprint density at radius 1 is 1.40 bits per heavy atom. The maximum atomic E-state index is 11.9. The van der Waals surface area contributed by atoms with Crippen LogP contribution in [0.2, 0.25) is 0 Å². The maximum Gasteiger partial charge on any atom is 0.338 e. The summed E-state index contributed by atoms with van der Waals surface area (Å²) < 4.78 is 11.5. The SMILES string of the molecule is CCOc1ccc(C(=O)OCc2sccc2Br)cc1N. The minimum absolute atomic E-state index is 0.240. The van der Waals surface area contributed by atoms with Crippen LogP contribution >= 0.6 is 27.3 Å². The summed E-state index contributed by atoms with van der Waals surface area (Å²) in [6.45, 7) is 2.64. The molecule has 0 bridgehead atoms. The smallest absolute Gasteiger partial charge is 0.338 e. The molecule has 106 valence electrons. The summed E-state index contributed by atoms with van der Waals surface area (Å²) in [6.07, 6.45) is 0. The van der Waals surface area contributed by atoms with Crippen molar-refractivity contribution in [3.8, 4) is 5.75 Å². The van der Waals surface area contributed by atoms with E-state index in [9.17, 15) is 4.79 Å². The molecule has 2 rings (SSSR count). The molecule has 0 unspecified atom stereocenters. The Morgan fingerprint density at radius 2 is 2.20 bits per heavy atom. The van der Waals surface area contributed by atoms with Crippen LogP contribution in [0, 0.1) is 0 Å². The van der Waals surface area contributed by atoms with Gasteiger partial charge in [-0.15, -0.1) is 11.3 Å². The molecule has 0 aliphatic heterocycles. The summed E-state index contributed by atoms with van der Waals surface area (Å²) in [6, 6.07) is 6.81. The van der Waals surface area contributed by atoms with E-state index in [1.807, 2.05) is 18.4 Å². The van der Waals surface area contributed by atoms with E-state index in [-0.39, 0.29) is 6.61 Å². The molecule has 0 aliphatic rings. The summed E-state index contributed by atoms with van der Waals surface area (Å²) in [4.78, 5) is 12.9. The van der Waals surface area contributed by atoms with Gasteiger partial charge < -0.3 is 15.2 Å². The Bertz CT molecular complexity index is 612. The number of benzene rings is 1. The number of ether oxygens (including phenoxy) is 2. The Kier molecular flexibility index (Phi) is 5.03. The van der Waals surface area contributed by atoms with Crippen molar-refractivity contribution in [2.24, 2.45) is 0 Å². The van der Waals surface area contributed by atoms with Gasteiger partial charge in [0.15, 0.2) is 0 Å². The molecule has 0 radical (unpaired) electrons. The van der Waals surface area contributed by atoms with Gasteiger partial charge in [0.25, 0.3) is 0 Å². The lowest BCUT2D eigenvalue weighted by Gasteiger charge is -2.08. The van der Waals surface area contributed by atoms with Gasteiger partial charge in [0.05, 0.1) is 22.7 Å². The molecule has 0 aliphatic carbocycles. The van der Waals surface area contributed by atoms with E-state index in [0.717, 1.165) is 9.35 Å². The number of anilines is 1. The summed E-state index contributed by atoms with van der Waals surface area (Å²) in [5, 5.41) is 1.93. The van der Waals surface area contributed by atoms with Crippen molar-refractivity contribution in [2.45, 2.75) is 13.5 Å². The van der Waals surface area contributed by atoms with Crippen molar-refractivity contribution < 1.29 is 14.3 Å². The van der Waals surface area contributed by atoms with Gasteiger partial charge in [-0.05, 0) is 52.5 Å². The van der Waals surface area contributed by atoms with Gasteiger partial charge in [0.1, 0.15) is 12.4 Å². The number of carbonyl (C=O) groups is 1. The van der Waals surface area contributed by atoms with Crippen LogP contribution in [-0.4, -0.2) is 12.6 Å². The van der Waals surface area contributed by atoms with Crippen LogP contribution in [-0.2, 0) is 11.3 Å². The zero-order chi connectivity index (χ0) is 14.5. The summed E-state index contributed by atoms with van der Waals surface area (Å²) in [5.41, 5.74) is 6.67. The third-order valence-corrected chi connectivity index (χ3v) is 4.47. The molecule has 1 aromatic heterocycles. The van der Waals surface area contributed by atoms with Crippen LogP contribution in [0.5, 0.6) is 5.75 Å². The standard InChI is InChI=1S/C14H14BrNO3S/c1-2-18-12-4-3-9(7-11(12)16)14(17)19-8-13-10(15)5-6-20-13/h3-7H,2,8,16H2,1H3. The van der Waals surface area contributed by atoms with Crippen molar-refractivity contribution in [1.82, 2.24) is 0 Å². The number of hydrogen-bond donors (Lipinski definition) is 1. The fourth-order valence-corrected chi connectivity index (χ4v) is 2.98. The van der Waals surface area contributed by atoms with Gasteiger partial charge in [0, 0.05) is 4.47 Å². The van der Waals surface area contributed by atoms with Crippen LogP contribution in [0.25, 0.3) is 0 Å². The highest BCUT2D eigenvalue weighted by Crippen LogP contribution is 2.25. The number of halogens is 1. The van der Waals surface area contributed by atoms with Gasteiger partial charge in [-0.3, -0.25) is 0 Å². The number of nitrogen functional groups attached to an aromatic ring is 1. The number of rotatable bonds is 5. The first kappa shape index (κ1) is 14.9. The molecule has 4 nitrogen and oxygen atoms in total. The minimum atomic E-state index is -0.403. The zero-order valence-corrected chi connectivity index (χ0v) is 13.3. The van der Waals surface area contributed by atoms with Crippen LogP contribution in [0.4, 0.5) is 5.69 Å². The molecule has 2 aromatic rings. The van der Waals surface area contributed by atoms with E-state index in [0.29, 0.717) is 23.6 Å². The second-order valence-electron chi connectivity index (χ2n) is 3.95. The van der Waals surface area contributed by atoms with Crippen LogP contribution < -0.4 is 10.5 Å². The second-order valence-corrected chi connectivity index (χ2v) is 5.81. The molecule has 2 N–H and O–H groups in total. The predicted molar refractivity (Wildman–Crippen MR) is 83.2 cm³/mol. The first-order valence-electron chi connectivity index (χ1n) is 6.03. The first-order valence-corrected chi connectivity index (χ1v) is 7.70. The Morgan fingerprint density at radius 3 is 2.80 bits per heavy atom. The van der Waals surface area contributed by atoms with Gasteiger partial charge in [-0.25, -0.2) is 4.79 Å². The van der Waals surface area contributed by atoms with Crippen molar-refractivity contribution in [3.63, 3.8) is 0 Å². The minimum Gasteiger partial charge on any atom is -0.492 e. The number of hydrogen-bond acceptors (Lipinski definition) is 5. The molecular weight excluding hydrogens is 342 g/mol. The van der Waals surface area contributed by atoms with E-state index in [2.05, 4.69) is 15.9 Å². The summed E-state index contributed by atoms with van der Waals surface area (Å²) >= 11 is 4.92. The highest BCUT2D eigenvalue weighted by Gasteiger charge is 2.11. The molecule has 0 saturated heterocycles. The van der Waals surface area contributed by atoms with Gasteiger partial charge in [-0.2, -0.15) is 0 Å². The van der Waals surface area contributed by atoms with Gasteiger partial charge in [-0.1, -0.05) is 0 Å². The van der Waals surface area contributed by atoms with Gasteiger partial charge >= 0.3 is 5.97 Å². The number of carbonyl (C=O) groups excluding carboxylic acids is 1. The summed E-state index contributed by atoms with van der Waals surface area (Å²) in [7, 11) is 0. The monoisotopic (exact) mass is 355 g/mol. The topological polar surface area (TPSA) is 61.5 Å².